The lowest BCUT2D eigenvalue weighted by Gasteiger charge is -2.56. The van der Waals surface area contributed by atoms with Crippen LogP contribution in [0.5, 0.6) is 0 Å². The molecule has 0 radical (unpaired) electrons. The Morgan fingerprint density at radius 2 is 1.77 bits per heavy atom. The van der Waals surface area contributed by atoms with Crippen LogP contribution in [-0.4, -0.2) is 19.5 Å². The molecule has 0 saturated heterocycles. The second-order valence-electron chi connectivity index (χ2n) is 8.80. The normalized spacial score (nSPS) is 33.2. The summed E-state index contributed by atoms with van der Waals surface area (Å²) in [6.07, 6.45) is 7.51. The third kappa shape index (κ3) is 2.55. The van der Waals surface area contributed by atoms with E-state index in [1.807, 2.05) is 0 Å². The summed E-state index contributed by atoms with van der Waals surface area (Å²) in [5.74, 6) is 1.89. The predicted octanol–water partition coefficient (Wildman–Crippen LogP) is 2.63. The van der Waals surface area contributed by atoms with Crippen molar-refractivity contribution in [3.05, 3.63) is 28.7 Å². The molecule has 7 heteroatoms. The molecule has 2 aromatic rings. The van der Waals surface area contributed by atoms with Gasteiger partial charge < -0.3 is 4.42 Å². The van der Waals surface area contributed by atoms with Crippen LogP contribution in [0.2, 0.25) is 0 Å². The van der Waals surface area contributed by atoms with E-state index in [1.165, 1.54) is 29.9 Å². The van der Waals surface area contributed by atoms with E-state index < -0.39 is 15.8 Å². The third-order valence-electron chi connectivity index (χ3n) is 6.88. The Morgan fingerprint density at radius 1 is 1.15 bits per heavy atom. The van der Waals surface area contributed by atoms with E-state index in [2.05, 4.69) is 4.72 Å². The van der Waals surface area contributed by atoms with Gasteiger partial charge in [-0.3, -0.25) is 4.57 Å². The Balaban J connectivity index is 1.39. The van der Waals surface area contributed by atoms with Crippen molar-refractivity contribution >= 4 is 21.1 Å². The van der Waals surface area contributed by atoms with E-state index in [4.69, 9.17) is 4.42 Å². The molecule has 4 fully saturated rings. The fourth-order valence-electron chi connectivity index (χ4n) is 6.12. The van der Waals surface area contributed by atoms with Crippen LogP contribution in [0, 0.1) is 23.2 Å². The van der Waals surface area contributed by atoms with Crippen LogP contribution >= 0.6 is 0 Å². The van der Waals surface area contributed by atoms with Crippen LogP contribution < -0.4 is 10.5 Å². The first-order valence-corrected chi connectivity index (χ1v) is 10.9. The van der Waals surface area contributed by atoms with Crippen molar-refractivity contribution in [2.45, 2.75) is 43.4 Å². The summed E-state index contributed by atoms with van der Waals surface area (Å²) >= 11 is 0. The number of sulfonamides is 1. The van der Waals surface area contributed by atoms with Gasteiger partial charge in [0.1, 0.15) is 0 Å². The van der Waals surface area contributed by atoms with E-state index in [-0.39, 0.29) is 10.3 Å². The fourth-order valence-corrected chi connectivity index (χ4v) is 7.29. The van der Waals surface area contributed by atoms with Crippen molar-refractivity contribution < 1.29 is 12.8 Å². The maximum atomic E-state index is 12.8. The number of benzene rings is 1. The Labute approximate surface area is 152 Å². The quantitative estimate of drug-likeness (QED) is 0.889. The van der Waals surface area contributed by atoms with Crippen LogP contribution in [0.3, 0.4) is 0 Å². The highest BCUT2D eigenvalue weighted by Gasteiger charge is 2.50. The zero-order valence-corrected chi connectivity index (χ0v) is 15.7. The molecule has 1 N–H and O–H groups in total. The van der Waals surface area contributed by atoms with Crippen LogP contribution in [-0.2, 0) is 17.1 Å². The van der Waals surface area contributed by atoms with Gasteiger partial charge in [-0.25, -0.2) is 17.9 Å². The summed E-state index contributed by atoms with van der Waals surface area (Å²) in [7, 11) is -2.02. The highest BCUT2D eigenvalue weighted by atomic mass is 32.2. The SMILES string of the molecule is Cn1c(=O)oc2cc(S(=O)(=O)NCC34CC5CC(CC(C5)C3)C4)ccc21. The van der Waals surface area contributed by atoms with Crippen molar-refractivity contribution in [3.8, 4) is 0 Å². The minimum absolute atomic E-state index is 0.144. The first kappa shape index (κ1) is 16.6. The average molecular weight is 376 g/mol. The van der Waals surface area contributed by atoms with E-state index >= 15 is 0 Å². The molecular formula is C19H24N2O4S. The van der Waals surface area contributed by atoms with E-state index in [0.717, 1.165) is 37.0 Å². The summed E-state index contributed by atoms with van der Waals surface area (Å²) < 4.78 is 35.0. The third-order valence-corrected chi connectivity index (χ3v) is 8.28. The van der Waals surface area contributed by atoms with Gasteiger partial charge in [0.25, 0.3) is 0 Å². The number of nitrogens with one attached hydrogen (secondary N) is 1. The van der Waals surface area contributed by atoms with Gasteiger partial charge in [0.05, 0.1) is 10.4 Å². The summed E-state index contributed by atoms with van der Waals surface area (Å²) in [5.41, 5.74) is 1.04. The molecule has 140 valence electrons. The average Bonchev–Trinajstić information content (AvgIpc) is 2.86. The Hall–Kier alpha value is -1.60. The Bertz CT molecular complexity index is 998. The summed E-state index contributed by atoms with van der Waals surface area (Å²) in [4.78, 5) is 11.8. The molecule has 0 spiro atoms. The first-order valence-electron chi connectivity index (χ1n) is 9.43. The van der Waals surface area contributed by atoms with Crippen LogP contribution in [0.25, 0.3) is 11.1 Å². The molecule has 6 nitrogen and oxygen atoms in total. The maximum Gasteiger partial charge on any atom is 0.419 e. The number of aryl methyl sites for hydroxylation is 1. The van der Waals surface area contributed by atoms with Gasteiger partial charge >= 0.3 is 5.76 Å². The lowest BCUT2D eigenvalue weighted by atomic mass is 9.50. The number of nitrogens with zero attached hydrogens (tertiary/aromatic N) is 1. The van der Waals surface area contributed by atoms with Crippen molar-refractivity contribution in [1.82, 2.24) is 9.29 Å². The van der Waals surface area contributed by atoms with Gasteiger partial charge in [-0.15, -0.1) is 0 Å². The zero-order chi connectivity index (χ0) is 18.1. The Morgan fingerprint density at radius 3 is 2.38 bits per heavy atom. The summed E-state index contributed by atoms with van der Waals surface area (Å²) in [6, 6.07) is 4.61. The number of fused-ring (bicyclic) bond motifs is 1. The fraction of sp³-hybridized carbons (Fsp3) is 0.632. The zero-order valence-electron chi connectivity index (χ0n) is 14.9. The lowest BCUT2D eigenvalue weighted by Crippen LogP contribution is -2.51. The molecule has 0 aliphatic heterocycles. The number of hydrogen-bond donors (Lipinski definition) is 1. The number of rotatable bonds is 4. The van der Waals surface area contributed by atoms with Crippen molar-refractivity contribution in [2.75, 3.05) is 6.54 Å². The molecule has 26 heavy (non-hydrogen) atoms. The van der Waals surface area contributed by atoms with Gasteiger partial charge in [0, 0.05) is 19.7 Å². The standard InChI is InChI=1S/C19H24N2O4S/c1-21-16-3-2-15(7-17(16)25-18(21)22)26(23,24)20-11-19-8-12-4-13(9-19)6-14(5-12)10-19/h2-3,7,12-14,20H,4-6,8-11H2,1H3. The van der Waals surface area contributed by atoms with Gasteiger partial charge in [-0.05, 0) is 73.8 Å². The van der Waals surface area contributed by atoms with Crippen LogP contribution in [0.15, 0.2) is 32.3 Å². The van der Waals surface area contributed by atoms with Gasteiger partial charge in [-0.1, -0.05) is 0 Å². The molecule has 1 aromatic heterocycles. The molecule has 0 unspecified atom stereocenters. The molecule has 4 aliphatic carbocycles. The van der Waals surface area contributed by atoms with Crippen LogP contribution in [0.4, 0.5) is 0 Å². The molecule has 0 atom stereocenters. The smallest absolute Gasteiger partial charge is 0.408 e. The molecule has 1 aromatic carbocycles. The molecule has 1 heterocycles. The number of aromatic nitrogens is 1. The van der Waals surface area contributed by atoms with E-state index in [0.29, 0.717) is 17.6 Å². The second kappa shape index (κ2) is 5.45. The minimum Gasteiger partial charge on any atom is -0.408 e. The molecular weight excluding hydrogens is 352 g/mol. The Kier molecular flexibility index (Phi) is 3.47. The number of hydrogen-bond acceptors (Lipinski definition) is 4. The lowest BCUT2D eigenvalue weighted by molar-refractivity contribution is -0.0487. The monoisotopic (exact) mass is 376 g/mol. The van der Waals surface area contributed by atoms with Crippen molar-refractivity contribution in [2.24, 2.45) is 30.2 Å². The largest absolute Gasteiger partial charge is 0.419 e. The van der Waals surface area contributed by atoms with Gasteiger partial charge in [-0.2, -0.15) is 0 Å². The summed E-state index contributed by atoms with van der Waals surface area (Å²) in [5, 5.41) is 0. The van der Waals surface area contributed by atoms with Crippen molar-refractivity contribution in [1.29, 1.82) is 0 Å². The topological polar surface area (TPSA) is 81.3 Å². The van der Waals surface area contributed by atoms with E-state index in [9.17, 15) is 13.2 Å². The highest BCUT2D eigenvalue weighted by molar-refractivity contribution is 7.89. The molecule has 0 amide bonds. The summed E-state index contributed by atoms with van der Waals surface area (Å²) in [6.45, 7) is 0.523. The maximum absolute atomic E-state index is 12.8. The van der Waals surface area contributed by atoms with E-state index in [1.54, 1.807) is 19.2 Å². The van der Waals surface area contributed by atoms with Crippen LogP contribution in [0.1, 0.15) is 38.5 Å². The predicted molar refractivity (Wildman–Crippen MR) is 97.2 cm³/mol. The molecule has 4 saturated carbocycles. The minimum atomic E-state index is -3.62. The van der Waals surface area contributed by atoms with Gasteiger partial charge in [0.15, 0.2) is 5.58 Å². The van der Waals surface area contributed by atoms with Crippen molar-refractivity contribution in [3.63, 3.8) is 0 Å². The first-order chi connectivity index (χ1) is 12.3. The highest BCUT2D eigenvalue weighted by Crippen LogP contribution is 2.59. The van der Waals surface area contributed by atoms with Gasteiger partial charge in [0.2, 0.25) is 10.0 Å². The molecule has 4 bridgehead atoms. The molecule has 4 aliphatic rings. The molecule has 6 rings (SSSR count). The second-order valence-corrected chi connectivity index (χ2v) is 10.6. The number of oxazole rings is 1.